The van der Waals surface area contributed by atoms with E-state index in [9.17, 15) is 4.79 Å². The molecule has 4 heteroatoms. The van der Waals surface area contributed by atoms with Crippen molar-refractivity contribution in [3.8, 4) is 0 Å². The molecule has 1 amide bonds. The van der Waals surface area contributed by atoms with Crippen LogP contribution < -0.4 is 10.6 Å². The molecule has 1 saturated carbocycles. The number of carbonyl (C=O) groups excluding carboxylic acids is 1. The first-order valence-electron chi connectivity index (χ1n) is 8.73. The number of rotatable bonds is 4. The van der Waals surface area contributed by atoms with Crippen LogP contribution in [0.4, 0.5) is 17.2 Å². The van der Waals surface area contributed by atoms with Crippen molar-refractivity contribution >= 4 is 23.1 Å². The normalized spacial score (nSPS) is 15.1. The van der Waals surface area contributed by atoms with Crippen LogP contribution in [0.3, 0.4) is 0 Å². The van der Waals surface area contributed by atoms with Gasteiger partial charge in [-0.15, -0.1) is 0 Å². The maximum absolute atomic E-state index is 12.3. The fourth-order valence-electron chi connectivity index (χ4n) is 3.16. The molecule has 3 rings (SSSR count). The predicted octanol–water partition coefficient (Wildman–Crippen LogP) is 4.96. The lowest BCUT2D eigenvalue weighted by Crippen LogP contribution is -2.25. The van der Waals surface area contributed by atoms with E-state index in [2.05, 4.69) is 47.7 Å². The van der Waals surface area contributed by atoms with Gasteiger partial charge in [0.2, 0.25) is 5.91 Å². The van der Waals surface area contributed by atoms with Gasteiger partial charge in [-0.2, -0.15) is 0 Å². The van der Waals surface area contributed by atoms with E-state index in [0.717, 1.165) is 37.1 Å². The average molecular weight is 323 g/mol. The minimum Gasteiger partial charge on any atom is -0.354 e. The van der Waals surface area contributed by atoms with Gasteiger partial charge >= 0.3 is 0 Å². The number of amides is 1. The summed E-state index contributed by atoms with van der Waals surface area (Å²) in [6.07, 6.45) is 7.32. The molecule has 1 aliphatic carbocycles. The second-order valence-corrected chi connectivity index (χ2v) is 6.70. The lowest BCUT2D eigenvalue weighted by Gasteiger charge is -2.20. The fourth-order valence-corrected chi connectivity index (χ4v) is 3.16. The molecule has 2 aromatic rings. The third-order valence-corrected chi connectivity index (χ3v) is 4.66. The molecule has 1 aromatic carbocycles. The number of aromatic nitrogens is 1. The average Bonchev–Trinajstić information content (AvgIpc) is 2.60. The van der Waals surface area contributed by atoms with Crippen molar-refractivity contribution in [2.45, 2.75) is 46.0 Å². The quantitative estimate of drug-likeness (QED) is 0.836. The van der Waals surface area contributed by atoms with Gasteiger partial charge in [0, 0.05) is 11.6 Å². The van der Waals surface area contributed by atoms with Crippen LogP contribution in [-0.4, -0.2) is 10.9 Å². The van der Waals surface area contributed by atoms with Gasteiger partial charge in [0.1, 0.15) is 5.82 Å². The molecule has 0 bridgehead atoms. The first-order chi connectivity index (χ1) is 11.6. The molecule has 24 heavy (non-hydrogen) atoms. The topological polar surface area (TPSA) is 54.0 Å². The highest BCUT2D eigenvalue weighted by atomic mass is 16.1. The van der Waals surface area contributed by atoms with Crippen LogP contribution >= 0.6 is 0 Å². The minimum atomic E-state index is 0.109. The number of hydrogen-bond acceptors (Lipinski definition) is 3. The fraction of sp³-hybridized carbons (Fsp3) is 0.400. The summed E-state index contributed by atoms with van der Waals surface area (Å²) >= 11 is 0. The SMILES string of the molecule is Cc1ccc(C)c(Nc2ccc(NC(=O)C3CCCCC3)nc2)c1. The van der Waals surface area contributed by atoms with Gasteiger partial charge < -0.3 is 10.6 Å². The van der Waals surface area contributed by atoms with E-state index < -0.39 is 0 Å². The number of pyridine rings is 1. The molecule has 0 radical (unpaired) electrons. The number of hydrogen-bond donors (Lipinski definition) is 2. The highest BCUT2D eigenvalue weighted by molar-refractivity contribution is 5.91. The zero-order valence-corrected chi connectivity index (χ0v) is 14.4. The van der Waals surface area contributed by atoms with Gasteiger partial charge in [-0.3, -0.25) is 4.79 Å². The van der Waals surface area contributed by atoms with Crippen molar-refractivity contribution in [2.75, 3.05) is 10.6 Å². The van der Waals surface area contributed by atoms with Gasteiger partial charge in [-0.1, -0.05) is 31.4 Å². The molecule has 4 nitrogen and oxygen atoms in total. The smallest absolute Gasteiger partial charge is 0.228 e. The van der Waals surface area contributed by atoms with Gasteiger partial charge in [0.15, 0.2) is 0 Å². The predicted molar refractivity (Wildman–Crippen MR) is 98.6 cm³/mol. The largest absolute Gasteiger partial charge is 0.354 e. The summed E-state index contributed by atoms with van der Waals surface area (Å²) in [5.74, 6) is 0.878. The number of benzene rings is 1. The van der Waals surface area contributed by atoms with Crippen molar-refractivity contribution in [3.05, 3.63) is 47.7 Å². The highest BCUT2D eigenvalue weighted by Gasteiger charge is 2.21. The second kappa shape index (κ2) is 7.47. The number of anilines is 3. The Morgan fingerprint density at radius 2 is 1.88 bits per heavy atom. The molecule has 2 N–H and O–H groups in total. The lowest BCUT2D eigenvalue weighted by molar-refractivity contribution is -0.120. The van der Waals surface area contributed by atoms with E-state index in [0.29, 0.717) is 5.82 Å². The first kappa shape index (κ1) is 16.5. The third-order valence-electron chi connectivity index (χ3n) is 4.66. The summed E-state index contributed by atoms with van der Waals surface area (Å²) in [5, 5.41) is 6.33. The van der Waals surface area contributed by atoms with Gasteiger partial charge in [0.05, 0.1) is 11.9 Å². The molecule has 0 spiro atoms. The Hall–Kier alpha value is -2.36. The Kier molecular flexibility index (Phi) is 5.14. The van der Waals surface area contributed by atoms with E-state index in [4.69, 9.17) is 0 Å². The van der Waals surface area contributed by atoms with Crippen LogP contribution in [0.15, 0.2) is 36.5 Å². The molecule has 0 saturated heterocycles. The van der Waals surface area contributed by atoms with Crippen molar-refractivity contribution in [2.24, 2.45) is 5.92 Å². The van der Waals surface area contributed by atoms with Crippen LogP contribution in [0.1, 0.15) is 43.2 Å². The number of nitrogens with zero attached hydrogens (tertiary/aromatic N) is 1. The van der Waals surface area contributed by atoms with E-state index >= 15 is 0 Å². The van der Waals surface area contributed by atoms with Crippen molar-refractivity contribution < 1.29 is 4.79 Å². The number of aryl methyl sites for hydroxylation is 2. The van der Waals surface area contributed by atoms with Crippen molar-refractivity contribution in [1.82, 2.24) is 4.98 Å². The first-order valence-corrected chi connectivity index (χ1v) is 8.73. The van der Waals surface area contributed by atoms with Gasteiger partial charge in [-0.25, -0.2) is 4.98 Å². The van der Waals surface area contributed by atoms with Crippen molar-refractivity contribution in [3.63, 3.8) is 0 Å². The summed E-state index contributed by atoms with van der Waals surface area (Å²) < 4.78 is 0. The summed E-state index contributed by atoms with van der Waals surface area (Å²) in [6.45, 7) is 4.15. The van der Waals surface area contributed by atoms with E-state index in [1.165, 1.54) is 17.5 Å². The monoisotopic (exact) mass is 323 g/mol. The molecule has 126 valence electrons. The molecule has 0 aliphatic heterocycles. The number of nitrogens with one attached hydrogen (secondary N) is 2. The van der Waals surface area contributed by atoms with Gasteiger partial charge in [0.25, 0.3) is 0 Å². The van der Waals surface area contributed by atoms with Crippen LogP contribution in [0, 0.1) is 19.8 Å². The Balaban J connectivity index is 1.62. The molecule has 0 atom stereocenters. The van der Waals surface area contributed by atoms with E-state index in [1.807, 2.05) is 12.1 Å². The summed E-state index contributed by atoms with van der Waals surface area (Å²) in [4.78, 5) is 16.6. The zero-order valence-electron chi connectivity index (χ0n) is 14.4. The molecular formula is C20H25N3O. The molecule has 1 aromatic heterocycles. The Bertz CT molecular complexity index is 703. The van der Waals surface area contributed by atoms with Gasteiger partial charge in [-0.05, 0) is 56.0 Å². The molecule has 1 heterocycles. The van der Waals surface area contributed by atoms with E-state index in [-0.39, 0.29) is 11.8 Å². The Morgan fingerprint density at radius 1 is 1.08 bits per heavy atom. The van der Waals surface area contributed by atoms with Crippen LogP contribution in [0.5, 0.6) is 0 Å². The van der Waals surface area contributed by atoms with Crippen LogP contribution in [0.2, 0.25) is 0 Å². The maximum atomic E-state index is 12.3. The molecule has 0 unspecified atom stereocenters. The molecule has 1 fully saturated rings. The highest BCUT2D eigenvalue weighted by Crippen LogP contribution is 2.25. The Labute approximate surface area is 143 Å². The second-order valence-electron chi connectivity index (χ2n) is 6.70. The van der Waals surface area contributed by atoms with Crippen molar-refractivity contribution in [1.29, 1.82) is 0 Å². The Morgan fingerprint density at radius 3 is 2.58 bits per heavy atom. The third kappa shape index (κ3) is 4.13. The molecular weight excluding hydrogens is 298 g/mol. The van der Waals surface area contributed by atoms with Crippen LogP contribution in [-0.2, 0) is 4.79 Å². The summed E-state index contributed by atoms with van der Waals surface area (Å²) in [7, 11) is 0. The standard InChI is InChI=1S/C20H25N3O/c1-14-8-9-15(2)18(12-14)22-17-10-11-19(21-13-17)23-20(24)16-6-4-3-5-7-16/h8-13,16,22H,3-7H2,1-2H3,(H,21,23,24). The van der Waals surface area contributed by atoms with Crippen LogP contribution in [0.25, 0.3) is 0 Å². The summed E-state index contributed by atoms with van der Waals surface area (Å²) in [6, 6.07) is 10.1. The maximum Gasteiger partial charge on any atom is 0.228 e. The zero-order chi connectivity index (χ0) is 16.9. The summed E-state index contributed by atoms with van der Waals surface area (Å²) in [5.41, 5.74) is 4.40. The lowest BCUT2D eigenvalue weighted by atomic mass is 9.89. The minimum absolute atomic E-state index is 0.109. The van der Waals surface area contributed by atoms with E-state index in [1.54, 1.807) is 6.20 Å². The molecule has 1 aliphatic rings. The number of carbonyl (C=O) groups is 1.